The molecule has 1 atom stereocenters. The lowest BCUT2D eigenvalue weighted by atomic mass is 10.1. The summed E-state index contributed by atoms with van der Waals surface area (Å²) in [5.41, 5.74) is 0.281. The third kappa shape index (κ3) is 4.70. The highest BCUT2D eigenvalue weighted by molar-refractivity contribution is 6.34. The molecule has 0 saturated heterocycles. The van der Waals surface area contributed by atoms with Gasteiger partial charge in [-0.3, -0.25) is 9.59 Å². The second kappa shape index (κ2) is 7.74. The minimum Gasteiger partial charge on any atom is -0.480 e. The molecule has 0 aliphatic carbocycles. The Morgan fingerprint density at radius 1 is 1.32 bits per heavy atom. The van der Waals surface area contributed by atoms with Crippen LogP contribution in [0.1, 0.15) is 24.2 Å². The number of carbonyl (C=O) groups excluding carboxylic acids is 2. The van der Waals surface area contributed by atoms with Crippen LogP contribution in [0.15, 0.2) is 18.2 Å². The molecule has 2 amide bonds. The predicted octanol–water partition coefficient (Wildman–Crippen LogP) is 2.09. The molecule has 0 saturated carbocycles. The largest absolute Gasteiger partial charge is 0.480 e. The number of anilines is 1. The summed E-state index contributed by atoms with van der Waals surface area (Å²) in [5.74, 6) is -2.83. The van der Waals surface area contributed by atoms with E-state index in [2.05, 4.69) is 5.32 Å². The summed E-state index contributed by atoms with van der Waals surface area (Å²) in [6.45, 7) is 2.16. The van der Waals surface area contributed by atoms with Crippen LogP contribution in [0, 0.1) is 5.92 Å². The Balaban J connectivity index is 2.96. The van der Waals surface area contributed by atoms with Crippen molar-refractivity contribution >= 4 is 35.1 Å². The fourth-order valence-electron chi connectivity index (χ4n) is 1.47. The molecule has 0 bridgehead atoms. The maximum absolute atomic E-state index is 12.5. The molecule has 1 unspecified atom stereocenters. The first-order chi connectivity index (χ1) is 10.3. The predicted molar refractivity (Wildman–Crippen MR) is 79.8 cm³/mol. The molecule has 1 aromatic carbocycles. The molecule has 6 nitrogen and oxygen atoms in total. The number of carbonyl (C=O) groups is 3. The van der Waals surface area contributed by atoms with Gasteiger partial charge in [-0.2, -0.15) is 0 Å². The van der Waals surface area contributed by atoms with E-state index in [1.54, 1.807) is 13.8 Å². The van der Waals surface area contributed by atoms with Crippen LogP contribution in [-0.2, 0) is 9.59 Å². The summed E-state index contributed by atoms with van der Waals surface area (Å²) < 4.78 is 12.5. The molecule has 0 spiro atoms. The number of benzene rings is 1. The number of carboxylic acids is 1. The summed E-state index contributed by atoms with van der Waals surface area (Å²) in [6, 6.07) is 2.54. The molecular formula is C14H16ClFN2O4. The van der Waals surface area contributed by atoms with E-state index >= 15 is 0 Å². The molecule has 22 heavy (non-hydrogen) atoms. The molecule has 0 radical (unpaired) electrons. The summed E-state index contributed by atoms with van der Waals surface area (Å²) in [6.07, 6.45) is 0. The van der Waals surface area contributed by atoms with Crippen molar-refractivity contribution in [1.29, 1.82) is 0 Å². The highest BCUT2D eigenvalue weighted by Gasteiger charge is 2.22. The van der Waals surface area contributed by atoms with Gasteiger partial charge in [0.2, 0.25) is 5.91 Å². The zero-order chi connectivity index (χ0) is 16.9. The van der Waals surface area contributed by atoms with Crippen molar-refractivity contribution in [3.63, 3.8) is 0 Å². The number of alkyl halides is 1. The van der Waals surface area contributed by atoms with Crippen molar-refractivity contribution in [1.82, 2.24) is 5.32 Å². The number of rotatable bonds is 6. The molecule has 1 rings (SSSR count). The third-order valence-corrected chi connectivity index (χ3v) is 3.09. The first-order valence-corrected chi connectivity index (χ1v) is 6.84. The van der Waals surface area contributed by atoms with Gasteiger partial charge in [-0.15, -0.1) is 0 Å². The van der Waals surface area contributed by atoms with Gasteiger partial charge in [0, 0.05) is 11.6 Å². The molecule has 1 aromatic rings. The molecular weight excluding hydrogens is 315 g/mol. The van der Waals surface area contributed by atoms with E-state index in [-0.39, 0.29) is 22.4 Å². The van der Waals surface area contributed by atoms with Crippen LogP contribution in [0.2, 0.25) is 5.02 Å². The first-order valence-electron chi connectivity index (χ1n) is 6.46. The molecule has 3 N–H and O–H groups in total. The lowest BCUT2D eigenvalue weighted by Crippen LogP contribution is -2.42. The highest BCUT2D eigenvalue weighted by Crippen LogP contribution is 2.21. The van der Waals surface area contributed by atoms with Crippen molar-refractivity contribution in [3.8, 4) is 0 Å². The fourth-order valence-corrected chi connectivity index (χ4v) is 1.67. The molecule has 0 heterocycles. The van der Waals surface area contributed by atoms with Gasteiger partial charge in [-0.1, -0.05) is 25.4 Å². The number of halogens is 2. The second-order valence-electron chi connectivity index (χ2n) is 4.86. The van der Waals surface area contributed by atoms with E-state index in [4.69, 9.17) is 16.7 Å². The van der Waals surface area contributed by atoms with E-state index in [1.807, 2.05) is 5.32 Å². The minimum absolute atomic E-state index is 0.0528. The monoisotopic (exact) mass is 330 g/mol. The van der Waals surface area contributed by atoms with Gasteiger partial charge < -0.3 is 15.7 Å². The molecule has 8 heteroatoms. The Hall–Kier alpha value is -2.15. The van der Waals surface area contributed by atoms with E-state index < -0.39 is 24.6 Å². The fraction of sp³-hybridized carbons (Fsp3) is 0.357. The average molecular weight is 331 g/mol. The van der Waals surface area contributed by atoms with Crippen LogP contribution in [-0.4, -0.2) is 35.6 Å². The number of amides is 2. The topological polar surface area (TPSA) is 95.5 Å². The van der Waals surface area contributed by atoms with E-state index in [1.165, 1.54) is 18.2 Å². The van der Waals surface area contributed by atoms with Crippen LogP contribution in [0.4, 0.5) is 10.1 Å². The number of aliphatic carboxylic acids is 1. The summed E-state index contributed by atoms with van der Waals surface area (Å²) in [7, 11) is 0. The normalized spacial score (nSPS) is 11.9. The van der Waals surface area contributed by atoms with Gasteiger partial charge in [0.15, 0.2) is 6.04 Å². The number of nitrogens with one attached hydrogen (secondary N) is 2. The smallest absolute Gasteiger partial charge is 0.328 e. The Morgan fingerprint density at radius 3 is 2.45 bits per heavy atom. The van der Waals surface area contributed by atoms with Gasteiger partial charge >= 0.3 is 5.97 Å². The quantitative estimate of drug-likeness (QED) is 0.744. The zero-order valence-corrected chi connectivity index (χ0v) is 12.8. The van der Waals surface area contributed by atoms with Crippen molar-refractivity contribution in [2.24, 2.45) is 5.92 Å². The lowest BCUT2D eigenvalue weighted by molar-refractivity contribution is -0.139. The average Bonchev–Trinajstić information content (AvgIpc) is 2.45. The van der Waals surface area contributed by atoms with Crippen molar-refractivity contribution in [2.45, 2.75) is 19.9 Å². The van der Waals surface area contributed by atoms with Gasteiger partial charge in [0.25, 0.3) is 5.91 Å². The van der Waals surface area contributed by atoms with Crippen molar-refractivity contribution < 1.29 is 23.9 Å². The van der Waals surface area contributed by atoms with Crippen molar-refractivity contribution in [3.05, 3.63) is 28.8 Å². The number of hydrogen-bond donors (Lipinski definition) is 3. The summed E-state index contributed by atoms with van der Waals surface area (Å²) in [5, 5.41) is 13.4. The van der Waals surface area contributed by atoms with E-state index in [0.717, 1.165) is 0 Å². The van der Waals surface area contributed by atoms with Crippen molar-refractivity contribution in [2.75, 3.05) is 12.0 Å². The third-order valence-electron chi connectivity index (χ3n) is 2.76. The Kier molecular flexibility index (Phi) is 6.30. The molecule has 0 aliphatic heterocycles. The molecule has 0 aromatic heterocycles. The maximum atomic E-state index is 12.5. The van der Waals surface area contributed by atoms with Gasteiger partial charge in [-0.05, 0) is 18.2 Å². The Morgan fingerprint density at radius 2 is 1.95 bits per heavy atom. The highest BCUT2D eigenvalue weighted by atomic mass is 35.5. The standard InChI is InChI=1S/C14H16ClFN2O4/c1-7(2)12(19)17-8-3-4-10(15)9(5-8)13(20)18-11(6-16)14(21)22/h3-5,7,11H,6H2,1-2H3,(H,17,19)(H,18,20)(H,21,22). The number of carboxylic acid groups (broad SMARTS) is 1. The molecule has 0 fully saturated rings. The number of hydrogen-bond acceptors (Lipinski definition) is 3. The summed E-state index contributed by atoms with van der Waals surface area (Å²) >= 11 is 5.88. The van der Waals surface area contributed by atoms with Crippen LogP contribution in [0.25, 0.3) is 0 Å². The van der Waals surface area contributed by atoms with Crippen LogP contribution in [0.5, 0.6) is 0 Å². The second-order valence-corrected chi connectivity index (χ2v) is 5.26. The van der Waals surface area contributed by atoms with Crippen LogP contribution < -0.4 is 10.6 Å². The maximum Gasteiger partial charge on any atom is 0.328 e. The SMILES string of the molecule is CC(C)C(=O)Nc1ccc(Cl)c(C(=O)NC(CF)C(=O)O)c1. The van der Waals surface area contributed by atoms with E-state index in [0.29, 0.717) is 5.69 Å². The zero-order valence-electron chi connectivity index (χ0n) is 12.0. The van der Waals surface area contributed by atoms with Gasteiger partial charge in [0.05, 0.1) is 10.6 Å². The molecule has 120 valence electrons. The first kappa shape index (κ1) is 17.9. The Labute approximate surface area is 131 Å². The molecule has 0 aliphatic rings. The minimum atomic E-state index is -1.66. The lowest BCUT2D eigenvalue weighted by Gasteiger charge is -2.13. The van der Waals surface area contributed by atoms with Crippen LogP contribution >= 0.6 is 11.6 Å². The summed E-state index contributed by atoms with van der Waals surface area (Å²) in [4.78, 5) is 34.3. The van der Waals surface area contributed by atoms with E-state index in [9.17, 15) is 18.8 Å². The Bertz CT molecular complexity index is 592. The van der Waals surface area contributed by atoms with Gasteiger partial charge in [0.1, 0.15) is 6.67 Å². The van der Waals surface area contributed by atoms with Gasteiger partial charge in [-0.25, -0.2) is 9.18 Å². The van der Waals surface area contributed by atoms with Crippen LogP contribution in [0.3, 0.4) is 0 Å².